The SMILES string of the molecule is CNC(=O)CCCCn1cc(CNC(=O)c2ccc(-c3c4ccc(=N)c(S(=O)(=O)O)c-4oc4c(S(=O)(=O)O)c(N)ccc34)c(C(=O)O)c2)nn1. The van der Waals surface area contributed by atoms with Crippen LogP contribution in [0.5, 0.6) is 0 Å². The maximum atomic E-state index is 13.1. The zero-order chi connectivity index (χ0) is 36.5. The van der Waals surface area contributed by atoms with Crippen LogP contribution in [0.3, 0.4) is 0 Å². The second-order valence-corrected chi connectivity index (χ2v) is 13.7. The minimum absolute atomic E-state index is 0.0651. The van der Waals surface area contributed by atoms with Crippen molar-refractivity contribution >= 4 is 54.7 Å². The predicted molar refractivity (Wildman–Crippen MR) is 174 cm³/mol. The molecule has 0 saturated heterocycles. The summed E-state index contributed by atoms with van der Waals surface area (Å²) in [5.41, 5.74) is 4.02. The van der Waals surface area contributed by atoms with E-state index in [1.807, 2.05) is 0 Å². The summed E-state index contributed by atoms with van der Waals surface area (Å²) in [6.45, 7) is 0.426. The fourth-order valence-electron chi connectivity index (χ4n) is 5.36. The molecule has 0 fully saturated rings. The van der Waals surface area contributed by atoms with Gasteiger partial charge in [0.2, 0.25) is 5.91 Å². The Kier molecular flexibility index (Phi) is 9.73. The Bertz CT molecular complexity index is 2440. The molecule has 20 heteroatoms. The van der Waals surface area contributed by atoms with Gasteiger partial charge in [0.05, 0.1) is 29.3 Å². The summed E-state index contributed by atoms with van der Waals surface area (Å²) >= 11 is 0. The molecule has 0 unspecified atom stereocenters. The van der Waals surface area contributed by atoms with Crippen LogP contribution < -0.4 is 21.7 Å². The predicted octanol–water partition coefficient (Wildman–Crippen LogP) is 1.90. The van der Waals surface area contributed by atoms with Gasteiger partial charge in [0.25, 0.3) is 26.1 Å². The molecule has 2 amide bonds. The maximum Gasteiger partial charge on any atom is 0.336 e. The molecular formula is C30H29N7O11S2. The van der Waals surface area contributed by atoms with Gasteiger partial charge in [0.15, 0.2) is 21.1 Å². The maximum absolute atomic E-state index is 13.1. The number of nitrogens with two attached hydrogens (primary N) is 1. The molecule has 0 saturated carbocycles. The number of nitrogens with zero attached hydrogens (tertiary/aromatic N) is 3. The quantitative estimate of drug-likeness (QED) is 0.0418. The number of nitrogen functional groups attached to an aromatic ring is 1. The molecule has 50 heavy (non-hydrogen) atoms. The van der Waals surface area contributed by atoms with Crippen LogP contribution in [0, 0.1) is 5.41 Å². The van der Waals surface area contributed by atoms with Gasteiger partial charge in [-0.15, -0.1) is 5.10 Å². The van der Waals surface area contributed by atoms with Gasteiger partial charge in [-0.05, 0) is 54.8 Å². The number of anilines is 1. The molecule has 18 nitrogen and oxygen atoms in total. The Balaban J connectivity index is 1.56. The van der Waals surface area contributed by atoms with Crippen molar-refractivity contribution in [3.05, 3.63) is 70.8 Å². The molecule has 1 aliphatic heterocycles. The number of rotatable bonds is 12. The number of aromatic carboxylic acids is 1. The lowest BCUT2D eigenvalue weighted by molar-refractivity contribution is -0.120. The third kappa shape index (κ3) is 7.17. The first-order valence-corrected chi connectivity index (χ1v) is 17.5. The molecule has 1 aromatic heterocycles. The molecular weight excluding hydrogens is 699 g/mol. The average molecular weight is 728 g/mol. The Labute approximate surface area is 283 Å². The average Bonchev–Trinajstić information content (AvgIpc) is 3.50. The molecule has 0 atom stereocenters. The summed E-state index contributed by atoms with van der Waals surface area (Å²) in [5, 5.41) is 30.6. The number of nitrogens with one attached hydrogen (secondary N) is 3. The first kappa shape index (κ1) is 35.6. The van der Waals surface area contributed by atoms with E-state index < -0.39 is 69.9 Å². The number of hydrogen-bond donors (Lipinski definition) is 7. The molecule has 2 aromatic carbocycles. The van der Waals surface area contributed by atoms with Crippen molar-refractivity contribution in [2.24, 2.45) is 0 Å². The zero-order valence-electron chi connectivity index (χ0n) is 26.0. The highest BCUT2D eigenvalue weighted by atomic mass is 32.2. The summed E-state index contributed by atoms with van der Waals surface area (Å²) in [5.74, 6) is -3.02. The minimum Gasteiger partial charge on any atom is -0.478 e. The van der Waals surface area contributed by atoms with Gasteiger partial charge in [0, 0.05) is 42.1 Å². The highest BCUT2D eigenvalue weighted by Crippen LogP contribution is 2.45. The normalized spacial score (nSPS) is 11.9. The third-order valence-corrected chi connectivity index (χ3v) is 9.49. The van der Waals surface area contributed by atoms with Crippen LogP contribution in [0.25, 0.3) is 33.4 Å². The Morgan fingerprint density at radius 3 is 2.34 bits per heavy atom. The Morgan fingerprint density at radius 1 is 0.980 bits per heavy atom. The molecule has 2 aliphatic rings. The first-order valence-electron chi connectivity index (χ1n) is 14.6. The van der Waals surface area contributed by atoms with E-state index in [1.54, 1.807) is 17.9 Å². The number of carbonyl (C=O) groups excluding carboxylic acids is 2. The van der Waals surface area contributed by atoms with Crippen molar-refractivity contribution in [1.29, 1.82) is 5.41 Å². The third-order valence-electron chi connectivity index (χ3n) is 7.63. The number of carboxylic acid groups (broad SMARTS) is 1. The van der Waals surface area contributed by atoms with E-state index in [4.69, 9.17) is 15.6 Å². The van der Waals surface area contributed by atoms with Gasteiger partial charge >= 0.3 is 5.97 Å². The molecule has 0 spiro atoms. The second kappa shape index (κ2) is 13.7. The van der Waals surface area contributed by atoms with E-state index in [1.165, 1.54) is 24.3 Å². The van der Waals surface area contributed by atoms with E-state index in [-0.39, 0.29) is 40.1 Å². The van der Waals surface area contributed by atoms with Gasteiger partial charge in [-0.1, -0.05) is 11.3 Å². The number of carbonyl (C=O) groups is 3. The molecule has 3 aromatic rings. The van der Waals surface area contributed by atoms with Crippen LogP contribution in [0.2, 0.25) is 0 Å². The molecule has 0 radical (unpaired) electrons. The van der Waals surface area contributed by atoms with Crippen LogP contribution in [0.1, 0.15) is 45.7 Å². The van der Waals surface area contributed by atoms with Gasteiger partial charge in [-0.3, -0.25) is 28.8 Å². The van der Waals surface area contributed by atoms with E-state index in [0.29, 0.717) is 31.5 Å². The van der Waals surface area contributed by atoms with Gasteiger partial charge in [0.1, 0.15) is 5.69 Å². The Morgan fingerprint density at radius 2 is 1.68 bits per heavy atom. The topological polar surface area (TPSA) is 298 Å². The smallest absolute Gasteiger partial charge is 0.336 e. The lowest BCUT2D eigenvalue weighted by atomic mass is 9.89. The van der Waals surface area contributed by atoms with Crippen molar-refractivity contribution in [1.82, 2.24) is 25.6 Å². The highest BCUT2D eigenvalue weighted by molar-refractivity contribution is 7.86. The number of aromatic nitrogens is 3. The van der Waals surface area contributed by atoms with E-state index in [2.05, 4.69) is 20.9 Å². The van der Waals surface area contributed by atoms with Crippen LogP contribution in [0.15, 0.2) is 62.9 Å². The number of aryl methyl sites for hydroxylation is 1. The molecule has 5 rings (SSSR count). The monoisotopic (exact) mass is 727 g/mol. The number of unbranched alkanes of at least 4 members (excludes halogenated alkanes) is 1. The van der Waals surface area contributed by atoms with Crippen LogP contribution in [-0.2, 0) is 38.1 Å². The summed E-state index contributed by atoms with van der Waals surface area (Å²) in [6, 6.07) is 8.10. The molecule has 2 heterocycles. The fraction of sp³-hybridized carbons (Fsp3) is 0.200. The van der Waals surface area contributed by atoms with Crippen molar-refractivity contribution in [3.8, 4) is 22.5 Å². The number of fused-ring (bicyclic) bond motifs is 2. The fourth-order valence-corrected chi connectivity index (χ4v) is 6.85. The van der Waals surface area contributed by atoms with Crippen LogP contribution in [-0.4, -0.2) is 70.9 Å². The highest BCUT2D eigenvalue weighted by Gasteiger charge is 2.32. The second-order valence-electron chi connectivity index (χ2n) is 11.0. The molecule has 262 valence electrons. The molecule has 1 aliphatic carbocycles. The minimum atomic E-state index is -5.19. The van der Waals surface area contributed by atoms with Gasteiger partial charge in [-0.2, -0.15) is 16.8 Å². The number of benzene rings is 3. The number of carboxylic acids is 1. The van der Waals surface area contributed by atoms with Crippen molar-refractivity contribution in [2.45, 2.75) is 42.1 Å². The standard InChI is InChI=1S/C30H29N7O11S2/c1-33-23(38)4-2-3-11-37-14-16(35-36-37)13-34-29(39)15-5-6-17(20(12-15)30(40)41)24-18-7-9-21(31)27(49(42,43)44)25(18)48-26-19(24)8-10-22(32)28(26)50(45,46)47/h5-10,12,14,31H,2-4,11,13,32H2,1H3,(H,33,38)(H,34,39)(H,40,41)(H,42,43,44)(H,45,46,47). The molecule has 8 N–H and O–H groups in total. The van der Waals surface area contributed by atoms with Crippen LogP contribution >= 0.6 is 0 Å². The van der Waals surface area contributed by atoms with E-state index in [0.717, 1.165) is 18.2 Å². The van der Waals surface area contributed by atoms with E-state index >= 15 is 0 Å². The summed E-state index contributed by atoms with van der Waals surface area (Å²) in [6.07, 6.45) is 3.28. The summed E-state index contributed by atoms with van der Waals surface area (Å²) in [4.78, 5) is 35.1. The number of hydrogen-bond acceptors (Lipinski definition) is 12. The lowest BCUT2D eigenvalue weighted by Gasteiger charge is -2.20. The van der Waals surface area contributed by atoms with Crippen molar-refractivity contribution < 1.29 is 49.8 Å². The summed E-state index contributed by atoms with van der Waals surface area (Å²) in [7, 11) is -8.77. The van der Waals surface area contributed by atoms with Crippen molar-refractivity contribution in [2.75, 3.05) is 12.8 Å². The van der Waals surface area contributed by atoms with Crippen molar-refractivity contribution in [3.63, 3.8) is 0 Å². The van der Waals surface area contributed by atoms with Gasteiger partial charge in [-0.25, -0.2) is 4.79 Å². The summed E-state index contributed by atoms with van der Waals surface area (Å²) < 4.78 is 76.7. The zero-order valence-corrected chi connectivity index (χ0v) is 27.6. The lowest BCUT2D eigenvalue weighted by Crippen LogP contribution is -2.23. The van der Waals surface area contributed by atoms with Gasteiger partial charge < -0.3 is 25.9 Å². The number of amides is 2. The largest absolute Gasteiger partial charge is 0.478 e. The molecule has 0 bridgehead atoms. The Hall–Kier alpha value is -5.70. The van der Waals surface area contributed by atoms with Crippen LogP contribution in [0.4, 0.5) is 5.69 Å². The first-order chi connectivity index (χ1) is 23.5. The van der Waals surface area contributed by atoms with E-state index in [9.17, 15) is 45.4 Å².